The van der Waals surface area contributed by atoms with E-state index in [0.717, 1.165) is 11.1 Å². The van der Waals surface area contributed by atoms with Crippen LogP contribution in [0.1, 0.15) is 45.6 Å². The number of fused-ring (bicyclic) bond motifs is 1. The van der Waals surface area contributed by atoms with Gasteiger partial charge in [0.2, 0.25) is 0 Å². The van der Waals surface area contributed by atoms with E-state index in [2.05, 4.69) is 6.58 Å². The van der Waals surface area contributed by atoms with E-state index in [1.165, 1.54) is 12.1 Å². The molecule has 7 heteroatoms. The van der Waals surface area contributed by atoms with Crippen LogP contribution in [0.2, 0.25) is 0 Å². The number of nitrogens with zero attached hydrogens (tertiary/aromatic N) is 1. The largest absolute Gasteiger partial charge is 0.488 e. The van der Waals surface area contributed by atoms with Gasteiger partial charge in [-0.2, -0.15) is 0 Å². The molecule has 1 aliphatic heterocycles. The Balaban J connectivity index is 1.52. The molecule has 36 heavy (non-hydrogen) atoms. The van der Waals surface area contributed by atoms with Crippen LogP contribution < -0.4 is 4.74 Å². The molecule has 2 fully saturated rings. The molecule has 1 saturated heterocycles. The maximum absolute atomic E-state index is 13.5. The summed E-state index contributed by atoms with van der Waals surface area (Å²) in [5, 5.41) is 0. The van der Waals surface area contributed by atoms with Gasteiger partial charge in [0.05, 0.1) is 12.5 Å². The summed E-state index contributed by atoms with van der Waals surface area (Å²) in [6, 6.07) is 15.1. The second-order valence-corrected chi connectivity index (χ2v) is 10.5. The predicted octanol–water partition coefficient (Wildman–Crippen LogP) is 5.91. The van der Waals surface area contributed by atoms with Gasteiger partial charge in [-0.05, 0) is 69.4 Å². The number of halogens is 1. The molecule has 6 nitrogen and oxygen atoms in total. The summed E-state index contributed by atoms with van der Waals surface area (Å²) < 4.78 is 31.0. The SMILES string of the molecule is C=C1C(CC(=O)OC(C)(C)C)CC(Oc2ccc(F)cc2)C2C1CCN2C(=O)OCc1ccccc1. The molecule has 4 rings (SSSR count). The lowest BCUT2D eigenvalue weighted by Gasteiger charge is -2.42. The van der Waals surface area contributed by atoms with Crippen molar-refractivity contribution in [2.75, 3.05) is 6.54 Å². The standard InChI is InChI=1S/C29H34FNO5/c1-19-21(17-26(32)36-29(2,3)4)16-25(35-23-12-10-22(30)11-13-23)27-24(19)14-15-31(27)28(33)34-18-20-8-6-5-7-9-20/h5-13,21,24-25,27H,1,14-18H2,2-4H3. The van der Waals surface area contributed by atoms with Crippen LogP contribution >= 0.6 is 0 Å². The van der Waals surface area contributed by atoms with E-state index >= 15 is 0 Å². The van der Waals surface area contributed by atoms with E-state index in [1.54, 1.807) is 17.0 Å². The third-order valence-corrected chi connectivity index (χ3v) is 6.73. The van der Waals surface area contributed by atoms with Crippen molar-refractivity contribution in [2.45, 2.75) is 64.4 Å². The minimum atomic E-state index is -0.577. The molecule has 4 unspecified atom stereocenters. The van der Waals surface area contributed by atoms with Gasteiger partial charge in [-0.15, -0.1) is 0 Å². The van der Waals surface area contributed by atoms with Crippen molar-refractivity contribution in [1.29, 1.82) is 0 Å². The zero-order valence-electron chi connectivity index (χ0n) is 21.1. The van der Waals surface area contributed by atoms with E-state index in [0.29, 0.717) is 25.1 Å². The van der Waals surface area contributed by atoms with Gasteiger partial charge in [0.25, 0.3) is 0 Å². The zero-order valence-corrected chi connectivity index (χ0v) is 21.1. The van der Waals surface area contributed by atoms with E-state index in [9.17, 15) is 14.0 Å². The molecule has 2 aromatic carbocycles. The number of hydrogen-bond acceptors (Lipinski definition) is 5. The van der Waals surface area contributed by atoms with E-state index < -0.39 is 17.8 Å². The van der Waals surface area contributed by atoms with Gasteiger partial charge in [-0.3, -0.25) is 4.79 Å². The first-order chi connectivity index (χ1) is 17.1. The smallest absolute Gasteiger partial charge is 0.410 e. The summed E-state index contributed by atoms with van der Waals surface area (Å²) >= 11 is 0. The van der Waals surface area contributed by atoms with Gasteiger partial charge in [0.1, 0.15) is 29.9 Å². The molecule has 1 saturated carbocycles. The van der Waals surface area contributed by atoms with Crippen molar-refractivity contribution < 1.29 is 28.2 Å². The van der Waals surface area contributed by atoms with Crippen LogP contribution in [-0.2, 0) is 20.9 Å². The normalized spacial score (nSPS) is 23.7. The fourth-order valence-corrected chi connectivity index (χ4v) is 5.17. The first-order valence-electron chi connectivity index (χ1n) is 12.4. The molecule has 2 aliphatic rings. The first kappa shape index (κ1) is 25.7. The van der Waals surface area contributed by atoms with Gasteiger partial charge < -0.3 is 19.1 Å². The van der Waals surface area contributed by atoms with Crippen molar-refractivity contribution in [1.82, 2.24) is 4.90 Å². The number of carbonyl (C=O) groups excluding carboxylic acids is 2. The minimum absolute atomic E-state index is 0.0408. The van der Waals surface area contributed by atoms with Gasteiger partial charge in [-0.25, -0.2) is 9.18 Å². The molecule has 1 heterocycles. The number of amides is 1. The maximum Gasteiger partial charge on any atom is 0.410 e. The summed E-state index contributed by atoms with van der Waals surface area (Å²) in [6.45, 7) is 10.5. The summed E-state index contributed by atoms with van der Waals surface area (Å²) in [5.74, 6) is -0.322. The molecule has 1 amide bonds. The molecule has 0 aromatic heterocycles. The topological polar surface area (TPSA) is 65.1 Å². The zero-order chi connectivity index (χ0) is 25.9. The van der Waals surface area contributed by atoms with E-state index in [4.69, 9.17) is 14.2 Å². The summed E-state index contributed by atoms with van der Waals surface area (Å²) in [7, 11) is 0. The Labute approximate surface area is 212 Å². The Morgan fingerprint density at radius 1 is 1.08 bits per heavy atom. The Kier molecular flexibility index (Phi) is 7.67. The van der Waals surface area contributed by atoms with Crippen molar-refractivity contribution in [2.24, 2.45) is 11.8 Å². The number of carbonyl (C=O) groups is 2. The van der Waals surface area contributed by atoms with Crippen LogP contribution in [0.5, 0.6) is 5.75 Å². The monoisotopic (exact) mass is 495 g/mol. The number of likely N-dealkylation sites (tertiary alicyclic amines) is 1. The summed E-state index contributed by atoms with van der Waals surface area (Å²) in [5.41, 5.74) is 1.26. The van der Waals surface area contributed by atoms with Gasteiger partial charge >= 0.3 is 12.1 Å². The molecule has 0 N–H and O–H groups in total. The molecule has 0 radical (unpaired) electrons. The van der Waals surface area contributed by atoms with Crippen LogP contribution in [0.3, 0.4) is 0 Å². The maximum atomic E-state index is 13.5. The molecular formula is C29H34FNO5. The third kappa shape index (κ3) is 6.25. The van der Waals surface area contributed by atoms with Gasteiger partial charge in [0.15, 0.2) is 0 Å². The average molecular weight is 496 g/mol. The molecule has 192 valence electrons. The second kappa shape index (κ2) is 10.7. The first-order valence-corrected chi connectivity index (χ1v) is 12.4. The number of esters is 1. The van der Waals surface area contributed by atoms with Crippen molar-refractivity contribution >= 4 is 12.1 Å². The Bertz CT molecular complexity index is 1080. The highest BCUT2D eigenvalue weighted by molar-refractivity contribution is 5.71. The predicted molar refractivity (Wildman–Crippen MR) is 134 cm³/mol. The number of ether oxygens (including phenoxy) is 3. The fourth-order valence-electron chi connectivity index (χ4n) is 5.17. The van der Waals surface area contributed by atoms with Crippen molar-refractivity contribution in [3.8, 4) is 5.75 Å². The summed E-state index contributed by atoms with van der Waals surface area (Å²) in [6.07, 6.45) is 0.570. The highest BCUT2D eigenvalue weighted by Gasteiger charge is 2.50. The number of benzene rings is 2. The Morgan fingerprint density at radius 2 is 1.78 bits per heavy atom. The minimum Gasteiger partial charge on any atom is -0.488 e. The average Bonchev–Trinajstić information content (AvgIpc) is 3.27. The molecule has 2 aromatic rings. The molecular weight excluding hydrogens is 461 g/mol. The molecule has 0 spiro atoms. The van der Waals surface area contributed by atoms with E-state index in [-0.39, 0.29) is 42.7 Å². The number of rotatable bonds is 6. The van der Waals surface area contributed by atoms with Crippen molar-refractivity contribution in [3.05, 3.63) is 78.1 Å². The van der Waals surface area contributed by atoms with Crippen molar-refractivity contribution in [3.63, 3.8) is 0 Å². The third-order valence-electron chi connectivity index (χ3n) is 6.73. The lowest BCUT2D eigenvalue weighted by atomic mass is 9.72. The Morgan fingerprint density at radius 3 is 2.44 bits per heavy atom. The molecule has 0 bridgehead atoms. The lowest BCUT2D eigenvalue weighted by molar-refractivity contribution is -0.156. The second-order valence-electron chi connectivity index (χ2n) is 10.5. The van der Waals surface area contributed by atoms with E-state index in [1.807, 2.05) is 51.1 Å². The van der Waals surface area contributed by atoms with Crippen LogP contribution in [-0.4, -0.2) is 41.3 Å². The highest BCUT2D eigenvalue weighted by atomic mass is 19.1. The molecule has 4 atom stereocenters. The van der Waals surface area contributed by atoms with Crippen LogP contribution in [0, 0.1) is 17.7 Å². The fraction of sp³-hybridized carbons (Fsp3) is 0.448. The van der Waals surface area contributed by atoms with Crippen LogP contribution in [0.4, 0.5) is 9.18 Å². The lowest BCUT2D eigenvalue weighted by Crippen LogP contribution is -2.52. The molecule has 1 aliphatic carbocycles. The van der Waals surface area contributed by atoms with Crippen LogP contribution in [0.25, 0.3) is 0 Å². The Hall–Kier alpha value is -3.35. The number of hydrogen-bond donors (Lipinski definition) is 0. The van der Waals surface area contributed by atoms with Gasteiger partial charge in [-0.1, -0.05) is 42.5 Å². The quantitative estimate of drug-likeness (QED) is 0.368. The summed E-state index contributed by atoms with van der Waals surface area (Å²) in [4.78, 5) is 27.5. The highest BCUT2D eigenvalue weighted by Crippen LogP contribution is 2.45. The van der Waals surface area contributed by atoms with Crippen LogP contribution in [0.15, 0.2) is 66.7 Å². The van der Waals surface area contributed by atoms with Gasteiger partial charge in [0, 0.05) is 12.5 Å².